The van der Waals surface area contributed by atoms with Crippen molar-refractivity contribution in [1.82, 2.24) is 0 Å². The molecule has 24 heavy (non-hydrogen) atoms. The highest BCUT2D eigenvalue weighted by Gasteiger charge is 2.52. The fraction of sp³-hybridized carbons (Fsp3) is 0.471. The SMILES string of the molecule is CC1(C)OB(C(=Cc2ccc(CC(=O)O)c(Cl)c2)CO)OC1(C)C. The summed E-state index contributed by atoms with van der Waals surface area (Å²) in [7, 11) is -0.641. The Balaban J connectivity index is 2.25. The average Bonchev–Trinajstić information content (AvgIpc) is 2.67. The van der Waals surface area contributed by atoms with Gasteiger partial charge in [-0.3, -0.25) is 4.79 Å². The van der Waals surface area contributed by atoms with Crippen molar-refractivity contribution in [2.75, 3.05) is 6.61 Å². The number of carboxylic acids is 1. The zero-order valence-electron chi connectivity index (χ0n) is 14.3. The van der Waals surface area contributed by atoms with Gasteiger partial charge in [0.25, 0.3) is 0 Å². The molecule has 0 aliphatic carbocycles. The van der Waals surface area contributed by atoms with Crippen molar-refractivity contribution in [2.45, 2.75) is 45.3 Å². The van der Waals surface area contributed by atoms with Crippen LogP contribution < -0.4 is 0 Å². The maximum absolute atomic E-state index is 10.8. The number of benzene rings is 1. The minimum atomic E-state index is -0.937. The highest BCUT2D eigenvalue weighted by atomic mass is 35.5. The molecule has 1 aromatic rings. The molecule has 0 spiro atoms. The number of halogens is 1. The Hall–Kier alpha value is -1.34. The minimum Gasteiger partial charge on any atom is -0.481 e. The number of carbonyl (C=O) groups is 1. The quantitative estimate of drug-likeness (QED) is 0.797. The number of aliphatic hydroxyl groups excluding tert-OH is 1. The van der Waals surface area contributed by atoms with Crippen LogP contribution in [0.2, 0.25) is 5.02 Å². The molecular weight excluding hydrogens is 330 g/mol. The molecule has 5 nitrogen and oxygen atoms in total. The van der Waals surface area contributed by atoms with Crippen molar-refractivity contribution in [3.8, 4) is 0 Å². The topological polar surface area (TPSA) is 76.0 Å². The summed E-state index contributed by atoms with van der Waals surface area (Å²) in [4.78, 5) is 10.8. The fourth-order valence-corrected chi connectivity index (χ4v) is 2.61. The molecule has 2 N–H and O–H groups in total. The lowest BCUT2D eigenvalue weighted by molar-refractivity contribution is -0.136. The van der Waals surface area contributed by atoms with Crippen LogP contribution in [0, 0.1) is 0 Å². The predicted molar refractivity (Wildman–Crippen MR) is 93.9 cm³/mol. The molecule has 0 amide bonds. The molecule has 1 saturated heterocycles. The first-order valence-corrected chi connectivity index (χ1v) is 8.11. The molecule has 130 valence electrons. The van der Waals surface area contributed by atoms with Crippen molar-refractivity contribution in [3.63, 3.8) is 0 Å². The zero-order valence-corrected chi connectivity index (χ0v) is 15.1. The fourth-order valence-electron chi connectivity index (χ4n) is 2.36. The molecular formula is C17H22BClO5. The van der Waals surface area contributed by atoms with Gasteiger partial charge in [-0.15, -0.1) is 0 Å². The van der Waals surface area contributed by atoms with Crippen molar-refractivity contribution < 1.29 is 24.3 Å². The van der Waals surface area contributed by atoms with Crippen LogP contribution >= 0.6 is 11.6 Å². The first-order valence-electron chi connectivity index (χ1n) is 7.73. The van der Waals surface area contributed by atoms with E-state index in [1.54, 1.807) is 24.3 Å². The minimum absolute atomic E-state index is 0.132. The number of aliphatic hydroxyl groups is 1. The van der Waals surface area contributed by atoms with Gasteiger partial charge in [-0.05, 0) is 50.4 Å². The first kappa shape index (κ1) is 19.0. The van der Waals surface area contributed by atoms with Gasteiger partial charge in [-0.1, -0.05) is 29.8 Å². The van der Waals surface area contributed by atoms with E-state index in [1.807, 2.05) is 27.7 Å². The molecule has 0 unspecified atom stereocenters. The normalized spacial score (nSPS) is 19.6. The van der Waals surface area contributed by atoms with E-state index in [9.17, 15) is 9.90 Å². The van der Waals surface area contributed by atoms with E-state index in [4.69, 9.17) is 26.0 Å². The summed E-state index contributed by atoms with van der Waals surface area (Å²) in [6.45, 7) is 7.56. The van der Waals surface area contributed by atoms with Gasteiger partial charge in [0, 0.05) is 5.02 Å². The molecule has 0 saturated carbocycles. The van der Waals surface area contributed by atoms with Gasteiger partial charge in [-0.2, -0.15) is 0 Å². The Kier molecular flexibility index (Phi) is 5.45. The molecule has 1 aliphatic heterocycles. The number of carboxylic acid groups (broad SMARTS) is 1. The summed E-state index contributed by atoms with van der Waals surface area (Å²) in [5.41, 5.74) is 0.884. The van der Waals surface area contributed by atoms with Gasteiger partial charge < -0.3 is 19.5 Å². The van der Waals surface area contributed by atoms with Crippen molar-refractivity contribution in [2.24, 2.45) is 0 Å². The second-order valence-corrected chi connectivity index (χ2v) is 7.29. The molecule has 0 atom stereocenters. The van der Waals surface area contributed by atoms with Crippen LogP contribution in [0.1, 0.15) is 38.8 Å². The Labute approximate surface area is 147 Å². The lowest BCUT2D eigenvalue weighted by Gasteiger charge is -2.32. The molecule has 1 aliphatic rings. The molecule has 0 radical (unpaired) electrons. The third kappa shape index (κ3) is 4.01. The molecule has 2 rings (SSSR count). The Morgan fingerprint density at radius 2 is 1.83 bits per heavy atom. The lowest BCUT2D eigenvalue weighted by atomic mass is 9.77. The third-order valence-corrected chi connectivity index (χ3v) is 4.86. The average molecular weight is 353 g/mol. The van der Waals surface area contributed by atoms with Crippen LogP contribution in [0.5, 0.6) is 0 Å². The van der Waals surface area contributed by atoms with Gasteiger partial charge in [0.2, 0.25) is 0 Å². The summed E-state index contributed by atoms with van der Waals surface area (Å²) in [5, 5.41) is 18.9. The van der Waals surface area contributed by atoms with E-state index in [-0.39, 0.29) is 13.0 Å². The van der Waals surface area contributed by atoms with Crippen LogP contribution in [0.25, 0.3) is 6.08 Å². The summed E-state index contributed by atoms with van der Waals surface area (Å²) in [6.07, 6.45) is 1.62. The van der Waals surface area contributed by atoms with E-state index in [0.29, 0.717) is 16.1 Å². The van der Waals surface area contributed by atoms with Crippen LogP contribution in [0.4, 0.5) is 0 Å². The summed E-state index contributed by atoms with van der Waals surface area (Å²) < 4.78 is 11.9. The third-order valence-electron chi connectivity index (χ3n) is 4.51. The molecule has 0 aromatic heterocycles. The van der Waals surface area contributed by atoms with Crippen molar-refractivity contribution in [1.29, 1.82) is 0 Å². The highest BCUT2D eigenvalue weighted by Crippen LogP contribution is 2.38. The lowest BCUT2D eigenvalue weighted by Crippen LogP contribution is -2.41. The molecule has 0 bridgehead atoms. The number of aliphatic carboxylic acids is 1. The van der Waals surface area contributed by atoms with Crippen LogP contribution in [0.3, 0.4) is 0 Å². The summed E-state index contributed by atoms with van der Waals surface area (Å²) >= 11 is 6.13. The predicted octanol–water partition coefficient (Wildman–Crippen LogP) is 2.97. The van der Waals surface area contributed by atoms with Crippen LogP contribution in [-0.4, -0.2) is 41.1 Å². The van der Waals surface area contributed by atoms with Gasteiger partial charge in [0.05, 0.1) is 24.2 Å². The number of hydrogen-bond donors (Lipinski definition) is 2. The van der Waals surface area contributed by atoms with E-state index in [2.05, 4.69) is 0 Å². The van der Waals surface area contributed by atoms with Gasteiger partial charge in [0.1, 0.15) is 0 Å². The van der Waals surface area contributed by atoms with E-state index in [0.717, 1.165) is 5.56 Å². The monoisotopic (exact) mass is 352 g/mol. The summed E-state index contributed by atoms with van der Waals surface area (Å²) in [5.74, 6) is -0.937. The highest BCUT2D eigenvalue weighted by molar-refractivity contribution is 6.55. The molecule has 7 heteroatoms. The number of hydrogen-bond acceptors (Lipinski definition) is 4. The van der Waals surface area contributed by atoms with Gasteiger partial charge in [-0.25, -0.2) is 0 Å². The van der Waals surface area contributed by atoms with Gasteiger partial charge in [0.15, 0.2) is 0 Å². The standard InChI is InChI=1S/C17H22BClO5/c1-16(2)17(3,4)24-18(23-16)13(10-20)7-11-5-6-12(9-15(21)22)14(19)8-11/h5-8,20H,9-10H2,1-4H3,(H,21,22). The first-order chi connectivity index (χ1) is 11.1. The van der Waals surface area contributed by atoms with Gasteiger partial charge >= 0.3 is 13.1 Å². The largest absolute Gasteiger partial charge is 0.492 e. The van der Waals surface area contributed by atoms with E-state index >= 15 is 0 Å². The number of rotatable bonds is 5. The Morgan fingerprint density at radius 1 is 1.25 bits per heavy atom. The van der Waals surface area contributed by atoms with Crippen molar-refractivity contribution in [3.05, 3.63) is 39.8 Å². The molecule has 1 fully saturated rings. The second-order valence-electron chi connectivity index (χ2n) is 6.89. The smallest absolute Gasteiger partial charge is 0.481 e. The maximum atomic E-state index is 10.8. The Bertz CT molecular complexity index is 653. The second kappa shape index (κ2) is 6.88. The van der Waals surface area contributed by atoms with E-state index < -0.39 is 24.3 Å². The molecule has 1 aromatic carbocycles. The van der Waals surface area contributed by atoms with Crippen molar-refractivity contribution >= 4 is 30.8 Å². The molecule has 1 heterocycles. The Morgan fingerprint density at radius 3 is 2.29 bits per heavy atom. The zero-order chi connectivity index (χ0) is 18.1. The maximum Gasteiger partial charge on any atom is 0.492 e. The van der Waals surface area contributed by atoms with E-state index in [1.165, 1.54) is 0 Å². The van der Waals surface area contributed by atoms with Crippen LogP contribution in [-0.2, 0) is 20.5 Å². The summed E-state index contributed by atoms with van der Waals surface area (Å²) in [6, 6.07) is 5.09. The van der Waals surface area contributed by atoms with Crippen LogP contribution in [0.15, 0.2) is 23.7 Å².